The fourth-order valence-corrected chi connectivity index (χ4v) is 2.11. The molecule has 0 aliphatic carbocycles. The number of nitrogens with zero attached hydrogens (tertiary/aromatic N) is 3. The van der Waals surface area contributed by atoms with E-state index in [9.17, 15) is 0 Å². The van der Waals surface area contributed by atoms with Gasteiger partial charge in [-0.15, -0.1) is 0 Å². The second-order valence-corrected chi connectivity index (χ2v) is 4.30. The number of pyridine rings is 1. The Labute approximate surface area is 109 Å². The Morgan fingerprint density at radius 3 is 2.89 bits per heavy atom. The minimum absolute atomic E-state index is 0.352. The number of hydrogen-bond donors (Lipinski definition) is 1. The molecule has 2 heterocycles. The Morgan fingerprint density at radius 2 is 2.06 bits per heavy atom. The molecular weight excluding hydrogens is 244 g/mol. The molecule has 3 rings (SSSR count). The number of benzene rings is 1. The topological polar surface area (TPSA) is 56.7 Å². The van der Waals surface area contributed by atoms with Crippen LogP contribution >= 0.6 is 12.2 Å². The Bertz CT molecular complexity index is 732. The van der Waals surface area contributed by atoms with Gasteiger partial charge >= 0.3 is 0 Å². The number of fused-ring (bicyclic) bond motifs is 1. The first-order valence-corrected chi connectivity index (χ1v) is 5.84. The van der Waals surface area contributed by atoms with Crippen molar-refractivity contribution in [1.82, 2.24) is 14.5 Å². The van der Waals surface area contributed by atoms with Crippen LogP contribution in [0.3, 0.4) is 0 Å². The Kier molecular flexibility index (Phi) is 2.53. The highest BCUT2D eigenvalue weighted by molar-refractivity contribution is 7.80. The van der Waals surface area contributed by atoms with Crippen LogP contribution in [0.1, 0.15) is 5.56 Å². The van der Waals surface area contributed by atoms with Crippen LogP contribution in [0.4, 0.5) is 0 Å². The molecule has 2 N–H and O–H groups in total. The summed E-state index contributed by atoms with van der Waals surface area (Å²) in [6, 6.07) is 9.70. The number of para-hydroxylation sites is 2. The van der Waals surface area contributed by atoms with Gasteiger partial charge in [-0.2, -0.15) is 0 Å². The van der Waals surface area contributed by atoms with E-state index in [1.807, 2.05) is 34.9 Å². The van der Waals surface area contributed by atoms with Crippen molar-refractivity contribution in [1.29, 1.82) is 0 Å². The molecule has 0 amide bonds. The largest absolute Gasteiger partial charge is 0.389 e. The average Bonchev–Trinajstić information content (AvgIpc) is 2.82. The van der Waals surface area contributed by atoms with Gasteiger partial charge in [0.05, 0.1) is 22.9 Å². The Morgan fingerprint density at radius 1 is 1.22 bits per heavy atom. The van der Waals surface area contributed by atoms with E-state index in [1.165, 1.54) is 0 Å². The van der Waals surface area contributed by atoms with Crippen molar-refractivity contribution in [2.75, 3.05) is 0 Å². The average molecular weight is 254 g/mol. The van der Waals surface area contributed by atoms with E-state index in [4.69, 9.17) is 18.0 Å². The van der Waals surface area contributed by atoms with Crippen LogP contribution in [0, 0.1) is 0 Å². The summed E-state index contributed by atoms with van der Waals surface area (Å²) in [6.07, 6.45) is 5.17. The molecule has 0 aliphatic rings. The van der Waals surface area contributed by atoms with Gasteiger partial charge in [0.2, 0.25) is 0 Å². The number of thiocarbonyl (C=S) groups is 1. The SMILES string of the molecule is NC(=S)c1ccncc1-n1cnc2ccccc21. The number of hydrogen-bond acceptors (Lipinski definition) is 3. The van der Waals surface area contributed by atoms with Gasteiger partial charge in [0.15, 0.2) is 0 Å². The van der Waals surface area contributed by atoms with Crippen molar-refractivity contribution in [2.45, 2.75) is 0 Å². The molecule has 18 heavy (non-hydrogen) atoms. The number of rotatable bonds is 2. The second-order valence-electron chi connectivity index (χ2n) is 3.86. The lowest BCUT2D eigenvalue weighted by molar-refractivity contribution is 1.07. The maximum atomic E-state index is 5.73. The predicted octanol–water partition coefficient (Wildman–Crippen LogP) is 2.05. The first-order valence-electron chi connectivity index (χ1n) is 5.43. The normalized spacial score (nSPS) is 10.7. The molecule has 4 nitrogen and oxygen atoms in total. The van der Waals surface area contributed by atoms with Crippen LogP contribution in [0.25, 0.3) is 16.7 Å². The highest BCUT2D eigenvalue weighted by atomic mass is 32.1. The molecule has 5 heteroatoms. The molecule has 0 bridgehead atoms. The van der Waals surface area contributed by atoms with Crippen molar-refractivity contribution in [2.24, 2.45) is 5.73 Å². The van der Waals surface area contributed by atoms with Crippen LogP contribution in [-0.2, 0) is 0 Å². The monoisotopic (exact) mass is 254 g/mol. The summed E-state index contributed by atoms with van der Waals surface area (Å²) in [7, 11) is 0. The number of imidazole rings is 1. The highest BCUT2D eigenvalue weighted by Crippen LogP contribution is 2.20. The lowest BCUT2D eigenvalue weighted by Gasteiger charge is -2.08. The third-order valence-electron chi connectivity index (χ3n) is 2.78. The third kappa shape index (κ3) is 1.65. The predicted molar refractivity (Wildman–Crippen MR) is 74.8 cm³/mol. The molecule has 0 radical (unpaired) electrons. The van der Waals surface area contributed by atoms with Gasteiger partial charge in [0.25, 0.3) is 0 Å². The van der Waals surface area contributed by atoms with Crippen LogP contribution in [0.15, 0.2) is 49.1 Å². The van der Waals surface area contributed by atoms with Crippen molar-refractivity contribution in [3.05, 3.63) is 54.6 Å². The lowest BCUT2D eigenvalue weighted by atomic mass is 10.2. The van der Waals surface area contributed by atoms with E-state index in [0.717, 1.165) is 22.3 Å². The highest BCUT2D eigenvalue weighted by Gasteiger charge is 2.09. The van der Waals surface area contributed by atoms with E-state index in [1.54, 1.807) is 18.7 Å². The zero-order valence-electron chi connectivity index (χ0n) is 9.45. The molecule has 0 atom stereocenters. The summed E-state index contributed by atoms with van der Waals surface area (Å²) in [6.45, 7) is 0. The third-order valence-corrected chi connectivity index (χ3v) is 3.00. The summed E-state index contributed by atoms with van der Waals surface area (Å²) in [5, 5.41) is 0. The zero-order valence-corrected chi connectivity index (χ0v) is 10.3. The van der Waals surface area contributed by atoms with Gasteiger partial charge < -0.3 is 5.73 Å². The van der Waals surface area contributed by atoms with Crippen LogP contribution in [0.2, 0.25) is 0 Å². The van der Waals surface area contributed by atoms with Crippen molar-refractivity contribution < 1.29 is 0 Å². The van der Waals surface area contributed by atoms with Gasteiger partial charge in [0, 0.05) is 11.8 Å². The quantitative estimate of drug-likeness (QED) is 0.711. The van der Waals surface area contributed by atoms with Crippen LogP contribution < -0.4 is 5.73 Å². The van der Waals surface area contributed by atoms with E-state index in [0.29, 0.717) is 4.99 Å². The van der Waals surface area contributed by atoms with Crippen molar-refractivity contribution in [3.8, 4) is 5.69 Å². The Balaban J connectivity index is 2.30. The Hall–Kier alpha value is -2.27. The smallest absolute Gasteiger partial charge is 0.106 e. The van der Waals surface area contributed by atoms with Gasteiger partial charge in [0.1, 0.15) is 11.3 Å². The minimum atomic E-state index is 0.352. The maximum absolute atomic E-state index is 5.73. The molecule has 0 saturated carbocycles. The maximum Gasteiger partial charge on any atom is 0.106 e. The fraction of sp³-hybridized carbons (Fsp3) is 0. The minimum Gasteiger partial charge on any atom is -0.389 e. The van der Waals surface area contributed by atoms with Crippen LogP contribution in [0.5, 0.6) is 0 Å². The van der Waals surface area contributed by atoms with Gasteiger partial charge in [-0.1, -0.05) is 24.4 Å². The van der Waals surface area contributed by atoms with E-state index in [2.05, 4.69) is 9.97 Å². The fourth-order valence-electron chi connectivity index (χ4n) is 1.94. The molecular formula is C13H10N4S. The summed E-state index contributed by atoms with van der Waals surface area (Å²) in [4.78, 5) is 8.83. The van der Waals surface area contributed by atoms with Crippen LogP contribution in [-0.4, -0.2) is 19.5 Å². The van der Waals surface area contributed by atoms with E-state index >= 15 is 0 Å². The summed E-state index contributed by atoms with van der Waals surface area (Å²) >= 11 is 5.06. The molecule has 0 aliphatic heterocycles. The van der Waals surface area contributed by atoms with Gasteiger partial charge in [-0.25, -0.2) is 4.98 Å². The van der Waals surface area contributed by atoms with Crippen molar-refractivity contribution in [3.63, 3.8) is 0 Å². The van der Waals surface area contributed by atoms with E-state index < -0.39 is 0 Å². The molecule has 0 spiro atoms. The van der Waals surface area contributed by atoms with E-state index in [-0.39, 0.29) is 0 Å². The molecule has 0 fully saturated rings. The standard InChI is InChI=1S/C13H10N4S/c14-13(18)9-5-6-15-7-12(9)17-8-16-10-3-1-2-4-11(10)17/h1-8H,(H2,14,18). The number of nitrogens with two attached hydrogens (primary N) is 1. The summed E-state index contributed by atoms with van der Waals surface area (Å²) < 4.78 is 1.94. The molecule has 3 aromatic rings. The zero-order chi connectivity index (χ0) is 12.5. The van der Waals surface area contributed by atoms with Gasteiger partial charge in [-0.05, 0) is 18.2 Å². The lowest BCUT2D eigenvalue weighted by Crippen LogP contribution is -2.13. The molecule has 88 valence electrons. The molecule has 1 aromatic carbocycles. The van der Waals surface area contributed by atoms with Gasteiger partial charge in [-0.3, -0.25) is 9.55 Å². The molecule has 0 saturated heterocycles. The first-order chi connectivity index (χ1) is 8.77. The number of aromatic nitrogens is 3. The molecule has 2 aromatic heterocycles. The summed E-state index contributed by atoms with van der Waals surface area (Å²) in [5.41, 5.74) is 9.30. The van der Waals surface area contributed by atoms with Crippen molar-refractivity contribution >= 4 is 28.2 Å². The first kappa shape index (κ1) is 10.9. The second kappa shape index (κ2) is 4.19. The molecule has 0 unspecified atom stereocenters. The summed E-state index contributed by atoms with van der Waals surface area (Å²) in [5.74, 6) is 0.